The second-order valence-electron chi connectivity index (χ2n) is 8.41. The summed E-state index contributed by atoms with van der Waals surface area (Å²) in [4.78, 5) is 25.8. The van der Waals surface area contributed by atoms with Crippen molar-refractivity contribution in [1.82, 2.24) is 0 Å². The molecule has 1 aliphatic rings. The predicted octanol–water partition coefficient (Wildman–Crippen LogP) is 6.94. The van der Waals surface area contributed by atoms with Crippen LogP contribution in [0.15, 0.2) is 101 Å². The predicted molar refractivity (Wildman–Crippen MR) is 137 cm³/mol. The topological polar surface area (TPSA) is 76.6 Å². The SMILES string of the molecule is Cc1ccc(N2C(=O)/C(=C/c3ccc(-c4ccc([N+](=O)[O-])cc4)o3)C=C2c2ccccc2)cc1C. The maximum absolute atomic E-state index is 13.6. The number of nitro groups is 1. The van der Waals surface area contributed by atoms with Gasteiger partial charge in [-0.25, -0.2) is 0 Å². The summed E-state index contributed by atoms with van der Waals surface area (Å²) >= 11 is 0. The quantitative estimate of drug-likeness (QED) is 0.183. The van der Waals surface area contributed by atoms with Crippen LogP contribution in [0.3, 0.4) is 0 Å². The van der Waals surface area contributed by atoms with Gasteiger partial charge in [0.1, 0.15) is 11.5 Å². The van der Waals surface area contributed by atoms with Crippen molar-refractivity contribution in [3.63, 3.8) is 0 Å². The molecule has 4 aromatic rings. The van der Waals surface area contributed by atoms with Gasteiger partial charge in [0.05, 0.1) is 10.6 Å². The van der Waals surface area contributed by atoms with Crippen molar-refractivity contribution in [2.75, 3.05) is 4.90 Å². The van der Waals surface area contributed by atoms with E-state index in [0.717, 1.165) is 33.6 Å². The fraction of sp³-hybridized carbons (Fsp3) is 0.0690. The third-order valence-corrected chi connectivity index (χ3v) is 6.09. The Morgan fingerprint density at radius 2 is 1.60 bits per heavy atom. The number of carbonyl (C=O) groups excluding carboxylic acids is 1. The van der Waals surface area contributed by atoms with Crippen LogP contribution >= 0.6 is 0 Å². The monoisotopic (exact) mass is 462 g/mol. The number of aryl methyl sites for hydroxylation is 2. The van der Waals surface area contributed by atoms with Crippen LogP contribution in [0.25, 0.3) is 23.1 Å². The molecule has 0 N–H and O–H groups in total. The Balaban J connectivity index is 1.51. The van der Waals surface area contributed by atoms with Crippen LogP contribution in [-0.4, -0.2) is 10.8 Å². The van der Waals surface area contributed by atoms with E-state index in [-0.39, 0.29) is 11.6 Å². The van der Waals surface area contributed by atoms with Crippen LogP contribution in [0.2, 0.25) is 0 Å². The van der Waals surface area contributed by atoms with E-state index in [1.165, 1.54) is 12.1 Å². The zero-order valence-electron chi connectivity index (χ0n) is 19.3. The summed E-state index contributed by atoms with van der Waals surface area (Å²) in [7, 11) is 0. The third kappa shape index (κ3) is 4.29. The summed E-state index contributed by atoms with van der Waals surface area (Å²) in [5.41, 5.74) is 6.06. The molecule has 35 heavy (non-hydrogen) atoms. The molecule has 0 bridgehead atoms. The zero-order valence-corrected chi connectivity index (χ0v) is 19.3. The molecule has 3 aromatic carbocycles. The van der Waals surface area contributed by atoms with Crippen molar-refractivity contribution in [2.24, 2.45) is 0 Å². The lowest BCUT2D eigenvalue weighted by atomic mass is 10.1. The van der Waals surface area contributed by atoms with Gasteiger partial charge in [-0.15, -0.1) is 0 Å². The highest BCUT2D eigenvalue weighted by Gasteiger charge is 2.30. The molecule has 0 unspecified atom stereocenters. The molecule has 6 nitrogen and oxygen atoms in total. The Morgan fingerprint density at radius 1 is 0.857 bits per heavy atom. The minimum Gasteiger partial charge on any atom is -0.457 e. The Hall–Kier alpha value is -4.71. The van der Waals surface area contributed by atoms with Gasteiger partial charge in [-0.05, 0) is 79.1 Å². The molecule has 1 aromatic heterocycles. The van der Waals surface area contributed by atoms with Gasteiger partial charge in [0.25, 0.3) is 11.6 Å². The van der Waals surface area contributed by atoms with Crippen LogP contribution in [-0.2, 0) is 4.79 Å². The first-order valence-corrected chi connectivity index (χ1v) is 11.2. The lowest BCUT2D eigenvalue weighted by Crippen LogP contribution is -2.25. The first-order chi connectivity index (χ1) is 16.9. The summed E-state index contributed by atoms with van der Waals surface area (Å²) in [6, 6.07) is 25.5. The number of non-ortho nitro benzene ring substituents is 1. The van der Waals surface area contributed by atoms with E-state index >= 15 is 0 Å². The molecule has 6 heteroatoms. The van der Waals surface area contributed by atoms with E-state index in [9.17, 15) is 14.9 Å². The van der Waals surface area contributed by atoms with Crippen molar-refractivity contribution in [3.05, 3.63) is 129 Å². The summed E-state index contributed by atoms with van der Waals surface area (Å²) in [6.07, 6.45) is 3.60. The minimum atomic E-state index is -0.439. The Bertz CT molecular complexity index is 1500. The standard InChI is InChI=1S/C29H22N2O4/c1-19-8-11-25(16-20(19)2)30-27(21-6-4-3-5-7-21)18-23(29(30)32)17-26-14-15-28(35-26)22-9-12-24(13-10-22)31(33)34/h3-18H,1-2H3/b23-17+. The minimum absolute atomic E-state index is 0.0178. The van der Waals surface area contributed by atoms with E-state index < -0.39 is 4.92 Å². The molecule has 5 rings (SSSR count). The normalized spacial score (nSPS) is 14.5. The number of nitro benzene ring substituents is 1. The fourth-order valence-corrected chi connectivity index (χ4v) is 4.04. The van der Waals surface area contributed by atoms with Crippen LogP contribution in [0.5, 0.6) is 0 Å². The van der Waals surface area contributed by atoms with Gasteiger partial charge >= 0.3 is 0 Å². The highest BCUT2D eigenvalue weighted by molar-refractivity contribution is 6.23. The zero-order chi connectivity index (χ0) is 24.5. The van der Waals surface area contributed by atoms with E-state index in [0.29, 0.717) is 17.1 Å². The molecule has 0 fully saturated rings. The maximum atomic E-state index is 13.6. The fourth-order valence-electron chi connectivity index (χ4n) is 4.04. The van der Waals surface area contributed by atoms with Gasteiger partial charge in [0.2, 0.25) is 0 Å². The molecule has 0 radical (unpaired) electrons. The van der Waals surface area contributed by atoms with Gasteiger partial charge in [-0.2, -0.15) is 0 Å². The van der Waals surface area contributed by atoms with Crippen LogP contribution in [0.4, 0.5) is 11.4 Å². The molecule has 0 saturated heterocycles. The molecular formula is C29H22N2O4. The Kier molecular flexibility index (Phi) is 5.63. The third-order valence-electron chi connectivity index (χ3n) is 6.09. The van der Waals surface area contributed by atoms with Crippen molar-refractivity contribution in [1.29, 1.82) is 0 Å². The second kappa shape index (κ2) is 8.91. The first-order valence-electron chi connectivity index (χ1n) is 11.2. The number of carbonyl (C=O) groups is 1. The second-order valence-corrected chi connectivity index (χ2v) is 8.41. The molecule has 0 atom stereocenters. The Labute approximate surface area is 202 Å². The number of rotatable bonds is 5. The summed E-state index contributed by atoms with van der Waals surface area (Å²) < 4.78 is 5.95. The maximum Gasteiger partial charge on any atom is 0.269 e. The summed E-state index contributed by atoms with van der Waals surface area (Å²) in [5, 5.41) is 10.9. The first kappa shape index (κ1) is 22.1. The van der Waals surface area contributed by atoms with E-state index in [4.69, 9.17) is 4.42 Å². The molecule has 1 amide bonds. The lowest BCUT2D eigenvalue weighted by Gasteiger charge is -2.21. The smallest absolute Gasteiger partial charge is 0.269 e. The number of amides is 1. The highest BCUT2D eigenvalue weighted by Crippen LogP contribution is 2.36. The number of nitrogens with zero attached hydrogens (tertiary/aromatic N) is 2. The van der Waals surface area contributed by atoms with Gasteiger partial charge in [0, 0.05) is 29.0 Å². The summed E-state index contributed by atoms with van der Waals surface area (Å²) in [6.45, 7) is 4.08. The molecular weight excluding hydrogens is 440 g/mol. The van der Waals surface area contributed by atoms with Crippen molar-refractivity contribution in [2.45, 2.75) is 13.8 Å². The van der Waals surface area contributed by atoms with E-state index in [1.54, 1.807) is 35.2 Å². The summed E-state index contributed by atoms with van der Waals surface area (Å²) in [5.74, 6) is 0.947. The highest BCUT2D eigenvalue weighted by atomic mass is 16.6. The van der Waals surface area contributed by atoms with Crippen molar-refractivity contribution in [3.8, 4) is 11.3 Å². The molecule has 0 spiro atoms. The number of hydrogen-bond acceptors (Lipinski definition) is 4. The largest absolute Gasteiger partial charge is 0.457 e. The average Bonchev–Trinajstić information content (AvgIpc) is 3.46. The molecule has 2 heterocycles. The number of furan rings is 1. The molecule has 172 valence electrons. The van der Waals surface area contributed by atoms with E-state index in [2.05, 4.69) is 0 Å². The molecule has 1 aliphatic heterocycles. The number of anilines is 1. The van der Waals surface area contributed by atoms with Crippen molar-refractivity contribution >= 4 is 29.1 Å². The average molecular weight is 463 g/mol. The molecule has 0 aliphatic carbocycles. The lowest BCUT2D eigenvalue weighted by molar-refractivity contribution is -0.384. The molecule has 0 saturated carbocycles. The number of hydrogen-bond donors (Lipinski definition) is 0. The number of benzene rings is 3. The van der Waals surface area contributed by atoms with Crippen LogP contribution < -0.4 is 4.90 Å². The van der Waals surface area contributed by atoms with Crippen LogP contribution in [0, 0.1) is 24.0 Å². The van der Waals surface area contributed by atoms with E-state index in [1.807, 2.05) is 68.5 Å². The Morgan fingerprint density at radius 3 is 2.29 bits per heavy atom. The van der Waals surface area contributed by atoms with Gasteiger partial charge in [-0.3, -0.25) is 19.8 Å². The van der Waals surface area contributed by atoms with Gasteiger partial charge in [0.15, 0.2) is 0 Å². The van der Waals surface area contributed by atoms with Crippen molar-refractivity contribution < 1.29 is 14.1 Å². The van der Waals surface area contributed by atoms with Gasteiger partial charge < -0.3 is 4.42 Å². The van der Waals surface area contributed by atoms with Gasteiger partial charge in [-0.1, -0.05) is 36.4 Å². The van der Waals surface area contributed by atoms with Crippen LogP contribution in [0.1, 0.15) is 22.5 Å².